The summed E-state index contributed by atoms with van der Waals surface area (Å²) in [5.41, 5.74) is 0.419. The lowest BCUT2D eigenvalue weighted by atomic mass is 10.1. The van der Waals surface area contributed by atoms with E-state index in [1.54, 1.807) is 10.9 Å². The van der Waals surface area contributed by atoms with Crippen molar-refractivity contribution < 1.29 is 4.79 Å². The first-order valence-corrected chi connectivity index (χ1v) is 6.25. The molecule has 1 aromatic rings. The lowest BCUT2D eigenvalue weighted by Crippen LogP contribution is -2.26. The summed E-state index contributed by atoms with van der Waals surface area (Å²) in [6, 6.07) is 0. The molecular formula is C12H20N4O. The monoisotopic (exact) mass is 236 g/mol. The molecule has 0 aliphatic carbocycles. The molecule has 0 spiro atoms. The Morgan fingerprint density at radius 1 is 1.59 bits per heavy atom. The summed E-state index contributed by atoms with van der Waals surface area (Å²) in [5, 5.41) is 7.73. The van der Waals surface area contributed by atoms with E-state index < -0.39 is 0 Å². The Morgan fingerprint density at radius 3 is 3.06 bits per heavy atom. The van der Waals surface area contributed by atoms with Gasteiger partial charge in [-0.25, -0.2) is 0 Å². The predicted octanol–water partition coefficient (Wildman–Crippen LogP) is 1.07. The van der Waals surface area contributed by atoms with Crippen LogP contribution in [0.3, 0.4) is 0 Å². The maximum absolute atomic E-state index is 10.5. The average molecular weight is 236 g/mol. The van der Waals surface area contributed by atoms with Crippen LogP contribution < -0.4 is 0 Å². The van der Waals surface area contributed by atoms with E-state index >= 15 is 0 Å². The summed E-state index contributed by atoms with van der Waals surface area (Å²) in [6.45, 7) is 8.86. The zero-order valence-corrected chi connectivity index (χ0v) is 10.5. The van der Waals surface area contributed by atoms with Gasteiger partial charge in [-0.15, -0.1) is 5.10 Å². The van der Waals surface area contributed by atoms with Crippen molar-refractivity contribution in [2.24, 2.45) is 11.8 Å². The zero-order valence-electron chi connectivity index (χ0n) is 10.5. The average Bonchev–Trinajstić information content (AvgIpc) is 2.88. The van der Waals surface area contributed by atoms with Gasteiger partial charge in [0.05, 0.1) is 6.20 Å². The number of nitrogens with zero attached hydrogens (tertiary/aromatic N) is 4. The van der Waals surface area contributed by atoms with Gasteiger partial charge in [0.2, 0.25) is 0 Å². The van der Waals surface area contributed by atoms with Gasteiger partial charge in [0.1, 0.15) is 5.69 Å². The summed E-state index contributed by atoms with van der Waals surface area (Å²) in [7, 11) is 0. The molecule has 1 aliphatic heterocycles. The van der Waals surface area contributed by atoms with Crippen LogP contribution in [-0.2, 0) is 6.54 Å². The van der Waals surface area contributed by atoms with Gasteiger partial charge in [-0.1, -0.05) is 19.1 Å². The number of carbonyl (C=O) groups excluding carboxylic acids is 1. The van der Waals surface area contributed by atoms with Crippen molar-refractivity contribution in [1.82, 2.24) is 19.9 Å². The Labute approximate surface area is 102 Å². The minimum Gasteiger partial charge on any atom is -0.303 e. The van der Waals surface area contributed by atoms with Gasteiger partial charge in [-0.2, -0.15) is 0 Å². The van der Waals surface area contributed by atoms with Crippen molar-refractivity contribution in [1.29, 1.82) is 0 Å². The molecule has 0 saturated carbocycles. The third kappa shape index (κ3) is 3.36. The van der Waals surface area contributed by atoms with Crippen LogP contribution in [0.15, 0.2) is 6.20 Å². The van der Waals surface area contributed by atoms with E-state index in [1.807, 2.05) is 0 Å². The fourth-order valence-corrected chi connectivity index (χ4v) is 2.47. The van der Waals surface area contributed by atoms with Crippen LogP contribution in [0.5, 0.6) is 0 Å². The van der Waals surface area contributed by atoms with Crippen molar-refractivity contribution in [3.8, 4) is 0 Å². The quantitative estimate of drug-likeness (QED) is 0.718. The molecule has 5 nitrogen and oxygen atoms in total. The van der Waals surface area contributed by atoms with Gasteiger partial charge in [0.25, 0.3) is 0 Å². The number of aromatic nitrogens is 3. The largest absolute Gasteiger partial charge is 0.303 e. The Hall–Kier alpha value is -1.23. The van der Waals surface area contributed by atoms with Crippen LogP contribution in [0.1, 0.15) is 30.8 Å². The molecule has 0 N–H and O–H groups in total. The van der Waals surface area contributed by atoms with E-state index in [1.165, 1.54) is 19.5 Å². The Morgan fingerprint density at radius 2 is 2.41 bits per heavy atom. The number of rotatable bonds is 5. The molecule has 1 fully saturated rings. The second-order valence-electron chi connectivity index (χ2n) is 5.29. The van der Waals surface area contributed by atoms with Crippen LogP contribution in [-0.4, -0.2) is 45.8 Å². The van der Waals surface area contributed by atoms with Crippen LogP contribution in [0.4, 0.5) is 0 Å². The summed E-state index contributed by atoms with van der Waals surface area (Å²) >= 11 is 0. The maximum atomic E-state index is 10.5. The van der Waals surface area contributed by atoms with Gasteiger partial charge < -0.3 is 4.90 Å². The lowest BCUT2D eigenvalue weighted by molar-refractivity contribution is 0.111. The van der Waals surface area contributed by atoms with Gasteiger partial charge in [-0.05, 0) is 24.8 Å². The molecule has 2 rings (SSSR count). The Bertz CT molecular complexity index is 374. The molecule has 1 aromatic heterocycles. The third-order valence-electron chi connectivity index (χ3n) is 3.12. The first kappa shape index (κ1) is 12.2. The highest BCUT2D eigenvalue weighted by atomic mass is 16.1. The highest BCUT2D eigenvalue weighted by Gasteiger charge is 2.23. The highest BCUT2D eigenvalue weighted by molar-refractivity contribution is 5.70. The van der Waals surface area contributed by atoms with E-state index in [9.17, 15) is 4.79 Å². The van der Waals surface area contributed by atoms with E-state index in [2.05, 4.69) is 29.1 Å². The number of hydrogen-bond donors (Lipinski definition) is 0. The molecule has 2 heterocycles. The minimum atomic E-state index is 0.419. The highest BCUT2D eigenvalue weighted by Crippen LogP contribution is 2.18. The van der Waals surface area contributed by atoms with E-state index in [0.29, 0.717) is 11.6 Å². The molecule has 0 aromatic carbocycles. The molecule has 0 radical (unpaired) electrons. The number of aldehydes is 1. The molecule has 1 atom stereocenters. The fourth-order valence-electron chi connectivity index (χ4n) is 2.47. The second-order valence-corrected chi connectivity index (χ2v) is 5.29. The lowest BCUT2D eigenvalue weighted by Gasteiger charge is -2.18. The molecule has 94 valence electrons. The normalized spacial score (nSPS) is 21.2. The van der Waals surface area contributed by atoms with E-state index in [4.69, 9.17) is 0 Å². The molecule has 1 saturated heterocycles. The first-order valence-electron chi connectivity index (χ1n) is 6.25. The number of likely N-dealkylation sites (tertiary alicyclic amines) is 1. The molecule has 17 heavy (non-hydrogen) atoms. The summed E-state index contributed by atoms with van der Waals surface area (Å²) in [6.07, 6.45) is 3.67. The van der Waals surface area contributed by atoms with Gasteiger partial charge >= 0.3 is 0 Å². The Balaban J connectivity index is 1.83. The Kier molecular flexibility index (Phi) is 3.89. The molecule has 0 unspecified atom stereocenters. The fraction of sp³-hybridized carbons (Fsp3) is 0.750. The van der Waals surface area contributed by atoms with Crippen molar-refractivity contribution in [2.75, 3.05) is 19.6 Å². The molecular weight excluding hydrogens is 216 g/mol. The van der Waals surface area contributed by atoms with Crippen LogP contribution in [0.25, 0.3) is 0 Å². The summed E-state index contributed by atoms with van der Waals surface area (Å²) < 4.78 is 1.78. The van der Waals surface area contributed by atoms with Gasteiger partial charge in [0.15, 0.2) is 6.29 Å². The topological polar surface area (TPSA) is 51.0 Å². The van der Waals surface area contributed by atoms with Crippen LogP contribution in [0, 0.1) is 11.8 Å². The summed E-state index contributed by atoms with van der Waals surface area (Å²) in [4.78, 5) is 13.0. The number of hydrogen-bond acceptors (Lipinski definition) is 4. The van der Waals surface area contributed by atoms with Gasteiger partial charge in [0, 0.05) is 19.6 Å². The maximum Gasteiger partial charge on any atom is 0.171 e. The zero-order chi connectivity index (χ0) is 12.3. The van der Waals surface area contributed by atoms with E-state index in [-0.39, 0.29) is 0 Å². The smallest absolute Gasteiger partial charge is 0.171 e. The van der Waals surface area contributed by atoms with E-state index in [0.717, 1.165) is 25.3 Å². The van der Waals surface area contributed by atoms with Gasteiger partial charge in [-0.3, -0.25) is 9.48 Å². The summed E-state index contributed by atoms with van der Waals surface area (Å²) in [5.74, 6) is 1.36. The predicted molar refractivity (Wildman–Crippen MR) is 64.8 cm³/mol. The van der Waals surface area contributed by atoms with Crippen molar-refractivity contribution in [3.63, 3.8) is 0 Å². The van der Waals surface area contributed by atoms with Crippen molar-refractivity contribution in [2.45, 2.75) is 26.8 Å². The van der Waals surface area contributed by atoms with Crippen LogP contribution in [0.2, 0.25) is 0 Å². The molecule has 0 amide bonds. The van der Waals surface area contributed by atoms with Crippen molar-refractivity contribution in [3.05, 3.63) is 11.9 Å². The van der Waals surface area contributed by atoms with Crippen LogP contribution >= 0.6 is 0 Å². The van der Waals surface area contributed by atoms with Crippen molar-refractivity contribution >= 4 is 6.29 Å². The SMILES string of the molecule is CC(C)CN1CC[C@H](Cn2cc(C=O)nn2)C1. The minimum absolute atomic E-state index is 0.419. The second kappa shape index (κ2) is 5.40. The molecule has 0 bridgehead atoms. The third-order valence-corrected chi connectivity index (χ3v) is 3.12. The molecule has 5 heteroatoms. The molecule has 1 aliphatic rings. The number of carbonyl (C=O) groups is 1. The first-order chi connectivity index (χ1) is 8.17. The standard InChI is InChI=1S/C12H20N4O/c1-10(2)5-15-4-3-11(6-15)7-16-8-12(9-17)13-14-16/h8-11H,3-7H2,1-2H3/t11-/m0/s1.